The number of carbonyl (C=O) groups excluding carboxylic acids is 1. The number of hydrogen-bond donors (Lipinski definition) is 1. The van der Waals surface area contributed by atoms with E-state index in [1.165, 1.54) is 0 Å². The van der Waals surface area contributed by atoms with Crippen LogP contribution in [-0.2, 0) is 14.3 Å². The summed E-state index contributed by atoms with van der Waals surface area (Å²) in [5.74, 6) is 0.451. The van der Waals surface area contributed by atoms with Crippen molar-refractivity contribution < 1.29 is 14.3 Å². The third-order valence-electron chi connectivity index (χ3n) is 1.72. The van der Waals surface area contributed by atoms with E-state index in [2.05, 4.69) is 5.32 Å². The molecule has 0 spiro atoms. The van der Waals surface area contributed by atoms with Crippen molar-refractivity contribution in [1.29, 1.82) is 0 Å². The molecule has 1 N–H and O–H groups in total. The van der Waals surface area contributed by atoms with Crippen LogP contribution in [0, 0.1) is 0 Å². The molecule has 0 radical (unpaired) electrons. The Morgan fingerprint density at radius 2 is 2.38 bits per heavy atom. The van der Waals surface area contributed by atoms with Gasteiger partial charge in [0.2, 0.25) is 0 Å². The lowest BCUT2D eigenvalue weighted by Crippen LogP contribution is -2.43. The average Bonchev–Trinajstić information content (AvgIpc) is 2.19. The van der Waals surface area contributed by atoms with Crippen LogP contribution in [0.25, 0.3) is 0 Å². The van der Waals surface area contributed by atoms with Gasteiger partial charge in [0.1, 0.15) is 0 Å². The number of rotatable bonds is 4. The van der Waals surface area contributed by atoms with Crippen molar-refractivity contribution in [3.8, 4) is 0 Å². The Hall–Kier alpha value is -0.320. The van der Waals surface area contributed by atoms with Crippen molar-refractivity contribution in [2.45, 2.75) is 12.5 Å². The molecule has 4 nitrogen and oxygen atoms in total. The maximum Gasteiger partial charge on any atom is 0.251 e. The van der Waals surface area contributed by atoms with E-state index in [1.54, 1.807) is 0 Å². The molecule has 5 heteroatoms. The Balaban J connectivity index is 2.13. The summed E-state index contributed by atoms with van der Waals surface area (Å²) < 4.78 is 10.3. The van der Waals surface area contributed by atoms with Gasteiger partial charge in [-0.2, -0.15) is 0 Å². The van der Waals surface area contributed by atoms with Crippen LogP contribution < -0.4 is 5.32 Å². The largest absolute Gasteiger partial charge is 0.376 e. The van der Waals surface area contributed by atoms with Gasteiger partial charge in [-0.05, 0) is 6.42 Å². The van der Waals surface area contributed by atoms with E-state index < -0.39 is 6.10 Å². The lowest BCUT2D eigenvalue weighted by atomic mass is 10.3. The van der Waals surface area contributed by atoms with Gasteiger partial charge in [0.25, 0.3) is 5.91 Å². The van der Waals surface area contributed by atoms with Gasteiger partial charge in [-0.3, -0.25) is 4.79 Å². The minimum absolute atomic E-state index is 0.107. The molecule has 1 atom stereocenters. The first-order valence-electron chi connectivity index (χ1n) is 4.37. The normalized spacial score (nSPS) is 22.7. The van der Waals surface area contributed by atoms with Crippen molar-refractivity contribution in [2.75, 3.05) is 32.2 Å². The molecule has 1 heterocycles. The molecule has 1 saturated heterocycles. The Morgan fingerprint density at radius 3 is 3.00 bits per heavy atom. The Kier molecular flexibility index (Phi) is 5.12. The van der Waals surface area contributed by atoms with Crippen LogP contribution >= 0.6 is 11.6 Å². The third kappa shape index (κ3) is 3.93. The first kappa shape index (κ1) is 10.8. The molecule has 1 amide bonds. The van der Waals surface area contributed by atoms with Gasteiger partial charge in [0, 0.05) is 12.4 Å². The molecule has 0 aromatic heterocycles. The number of ether oxygens (including phenoxy) is 2. The van der Waals surface area contributed by atoms with E-state index in [9.17, 15) is 4.79 Å². The Morgan fingerprint density at radius 1 is 1.54 bits per heavy atom. The minimum Gasteiger partial charge on any atom is -0.376 e. The number of nitrogens with one attached hydrogen (secondary N) is 1. The summed E-state index contributed by atoms with van der Waals surface area (Å²) in [5.41, 5.74) is 0. The predicted octanol–water partition coefficient (Wildman–Crippen LogP) is 0.147. The van der Waals surface area contributed by atoms with Gasteiger partial charge in [-0.15, -0.1) is 11.6 Å². The van der Waals surface area contributed by atoms with Gasteiger partial charge in [-0.1, -0.05) is 0 Å². The molecule has 0 bridgehead atoms. The fourth-order valence-corrected chi connectivity index (χ4v) is 1.17. The molecule has 1 aliphatic rings. The van der Waals surface area contributed by atoms with E-state index >= 15 is 0 Å². The molecule has 0 aliphatic carbocycles. The van der Waals surface area contributed by atoms with Crippen LogP contribution in [0.3, 0.4) is 0 Å². The van der Waals surface area contributed by atoms with Gasteiger partial charge in [-0.25, -0.2) is 0 Å². The molecule has 1 rings (SSSR count). The fraction of sp³-hybridized carbons (Fsp3) is 0.875. The fourth-order valence-electron chi connectivity index (χ4n) is 1.03. The zero-order chi connectivity index (χ0) is 9.52. The second-order valence-corrected chi connectivity index (χ2v) is 3.15. The van der Waals surface area contributed by atoms with Crippen molar-refractivity contribution >= 4 is 17.5 Å². The first-order valence-corrected chi connectivity index (χ1v) is 4.91. The molecule has 1 aliphatic heterocycles. The summed E-state index contributed by atoms with van der Waals surface area (Å²) in [6, 6.07) is 0. The standard InChI is InChI=1S/C8H14ClNO3/c9-2-1-3-10-8(11)7-6-12-4-5-13-7/h7H,1-6H2,(H,10,11). The van der Waals surface area contributed by atoms with E-state index in [4.69, 9.17) is 21.1 Å². The lowest BCUT2D eigenvalue weighted by Gasteiger charge is -2.21. The van der Waals surface area contributed by atoms with Crippen LogP contribution in [0.1, 0.15) is 6.42 Å². The van der Waals surface area contributed by atoms with Crippen LogP contribution in [0.4, 0.5) is 0 Å². The van der Waals surface area contributed by atoms with Gasteiger partial charge in [0.05, 0.1) is 19.8 Å². The van der Waals surface area contributed by atoms with E-state index in [0.29, 0.717) is 32.2 Å². The Bertz CT molecular complexity index is 159. The summed E-state index contributed by atoms with van der Waals surface area (Å²) in [6.07, 6.45) is 0.338. The third-order valence-corrected chi connectivity index (χ3v) is 1.99. The second kappa shape index (κ2) is 6.18. The summed E-state index contributed by atoms with van der Waals surface area (Å²) in [4.78, 5) is 11.3. The van der Waals surface area contributed by atoms with Crippen LogP contribution in [-0.4, -0.2) is 44.3 Å². The van der Waals surface area contributed by atoms with Crippen LogP contribution in [0.2, 0.25) is 0 Å². The highest BCUT2D eigenvalue weighted by Gasteiger charge is 2.21. The van der Waals surface area contributed by atoms with Crippen LogP contribution in [0.15, 0.2) is 0 Å². The highest BCUT2D eigenvalue weighted by molar-refractivity contribution is 6.17. The van der Waals surface area contributed by atoms with Crippen molar-refractivity contribution in [2.24, 2.45) is 0 Å². The second-order valence-electron chi connectivity index (χ2n) is 2.77. The monoisotopic (exact) mass is 207 g/mol. The molecule has 1 fully saturated rings. The molecule has 0 saturated carbocycles. The maximum atomic E-state index is 11.3. The SMILES string of the molecule is O=C(NCCCCl)C1COCCO1. The van der Waals surface area contributed by atoms with Crippen LogP contribution in [0.5, 0.6) is 0 Å². The number of halogens is 1. The molecule has 0 aromatic carbocycles. The number of hydrogen-bond acceptors (Lipinski definition) is 3. The van der Waals surface area contributed by atoms with Crippen molar-refractivity contribution in [1.82, 2.24) is 5.32 Å². The maximum absolute atomic E-state index is 11.3. The van der Waals surface area contributed by atoms with E-state index in [1.807, 2.05) is 0 Å². The quantitative estimate of drug-likeness (QED) is 0.527. The summed E-state index contributed by atoms with van der Waals surface area (Å²) in [6.45, 7) is 2.02. The number of amides is 1. The van der Waals surface area contributed by atoms with E-state index in [0.717, 1.165) is 6.42 Å². The van der Waals surface area contributed by atoms with Gasteiger partial charge >= 0.3 is 0 Å². The first-order chi connectivity index (χ1) is 6.34. The summed E-state index contributed by atoms with van der Waals surface area (Å²) >= 11 is 5.46. The van der Waals surface area contributed by atoms with E-state index in [-0.39, 0.29) is 5.91 Å². The highest BCUT2D eigenvalue weighted by atomic mass is 35.5. The molecular formula is C8H14ClNO3. The lowest BCUT2D eigenvalue weighted by molar-refractivity contribution is -0.147. The van der Waals surface area contributed by atoms with Crippen molar-refractivity contribution in [3.05, 3.63) is 0 Å². The number of alkyl halides is 1. The Labute approximate surface area is 82.5 Å². The van der Waals surface area contributed by atoms with Gasteiger partial charge < -0.3 is 14.8 Å². The zero-order valence-corrected chi connectivity index (χ0v) is 8.18. The summed E-state index contributed by atoms with van der Waals surface area (Å²) in [5, 5.41) is 2.72. The predicted molar refractivity (Wildman–Crippen MR) is 48.9 cm³/mol. The van der Waals surface area contributed by atoms with Crippen molar-refractivity contribution in [3.63, 3.8) is 0 Å². The molecule has 13 heavy (non-hydrogen) atoms. The molecule has 76 valence electrons. The number of carbonyl (C=O) groups is 1. The molecule has 0 aromatic rings. The zero-order valence-electron chi connectivity index (χ0n) is 7.42. The molecule has 1 unspecified atom stereocenters. The average molecular weight is 208 g/mol. The molecular weight excluding hydrogens is 194 g/mol. The highest BCUT2D eigenvalue weighted by Crippen LogP contribution is 2.00. The summed E-state index contributed by atoms with van der Waals surface area (Å²) in [7, 11) is 0. The minimum atomic E-state index is -0.441. The van der Waals surface area contributed by atoms with Gasteiger partial charge in [0.15, 0.2) is 6.10 Å². The smallest absolute Gasteiger partial charge is 0.251 e. The topological polar surface area (TPSA) is 47.6 Å².